The predicted molar refractivity (Wildman–Crippen MR) is 74.1 cm³/mol. The Hall–Kier alpha value is -1.85. The van der Waals surface area contributed by atoms with Crippen molar-refractivity contribution in [3.63, 3.8) is 0 Å². The molecule has 7 heteroatoms. The second-order valence-electron chi connectivity index (χ2n) is 3.86. The summed E-state index contributed by atoms with van der Waals surface area (Å²) in [6, 6.07) is 7.90. The molecule has 104 valence electrons. The molecule has 4 nitrogen and oxygen atoms in total. The molecule has 2 rings (SSSR count). The highest BCUT2D eigenvalue weighted by molar-refractivity contribution is 6.32. The minimum absolute atomic E-state index is 0.120. The van der Waals surface area contributed by atoms with Crippen molar-refractivity contribution >= 4 is 28.9 Å². The molecule has 0 saturated heterocycles. The Labute approximate surface area is 123 Å². The van der Waals surface area contributed by atoms with Crippen LogP contribution in [0.3, 0.4) is 0 Å². The smallest absolute Gasteiger partial charge is 0.272 e. The monoisotopic (exact) mass is 315 g/mol. The first-order valence-electron chi connectivity index (χ1n) is 5.47. The number of benzene rings is 2. The van der Waals surface area contributed by atoms with Crippen molar-refractivity contribution in [2.75, 3.05) is 0 Å². The first kappa shape index (κ1) is 14.6. The van der Waals surface area contributed by atoms with Crippen LogP contribution in [0, 0.1) is 15.9 Å². The molecular formula is C13H8Cl2FNO3. The number of ether oxygens (including phenoxy) is 1. The SMILES string of the molecule is O=[N+]([O-])c1ccc(Oc2ccc(CCl)c(Cl)c2)c(F)c1. The van der Waals surface area contributed by atoms with E-state index < -0.39 is 10.7 Å². The summed E-state index contributed by atoms with van der Waals surface area (Å²) in [5.41, 5.74) is 0.384. The number of nitrogens with zero attached hydrogens (tertiary/aromatic N) is 1. The van der Waals surface area contributed by atoms with Gasteiger partial charge in [-0.05, 0) is 23.8 Å². The lowest BCUT2D eigenvalue weighted by atomic mass is 10.2. The molecule has 0 N–H and O–H groups in total. The molecule has 0 fully saturated rings. The van der Waals surface area contributed by atoms with Gasteiger partial charge < -0.3 is 4.74 Å². The van der Waals surface area contributed by atoms with Gasteiger partial charge in [-0.2, -0.15) is 0 Å². The molecule has 0 heterocycles. The van der Waals surface area contributed by atoms with Crippen molar-refractivity contribution in [2.24, 2.45) is 0 Å². The van der Waals surface area contributed by atoms with E-state index in [0.29, 0.717) is 10.8 Å². The van der Waals surface area contributed by atoms with Gasteiger partial charge in [-0.1, -0.05) is 17.7 Å². The topological polar surface area (TPSA) is 52.4 Å². The number of nitro benzene ring substituents is 1. The first-order valence-corrected chi connectivity index (χ1v) is 6.38. The zero-order valence-electron chi connectivity index (χ0n) is 9.98. The number of hydrogen-bond donors (Lipinski definition) is 0. The van der Waals surface area contributed by atoms with Crippen LogP contribution < -0.4 is 4.74 Å². The van der Waals surface area contributed by atoms with Gasteiger partial charge in [0, 0.05) is 17.0 Å². The molecule has 0 atom stereocenters. The second kappa shape index (κ2) is 6.07. The third kappa shape index (κ3) is 3.18. The number of non-ortho nitro benzene ring substituents is 1. The molecule has 0 saturated carbocycles. The highest BCUT2D eigenvalue weighted by Crippen LogP contribution is 2.30. The maximum atomic E-state index is 13.7. The van der Waals surface area contributed by atoms with Crippen LogP contribution >= 0.6 is 23.2 Å². The molecule has 0 radical (unpaired) electrons. The Morgan fingerprint density at radius 2 is 2.00 bits per heavy atom. The van der Waals surface area contributed by atoms with E-state index in [0.717, 1.165) is 17.7 Å². The lowest BCUT2D eigenvalue weighted by Gasteiger charge is -2.08. The van der Waals surface area contributed by atoms with E-state index in [1.165, 1.54) is 12.1 Å². The molecular weight excluding hydrogens is 308 g/mol. The van der Waals surface area contributed by atoms with Crippen LogP contribution in [0.2, 0.25) is 5.02 Å². The van der Waals surface area contributed by atoms with Crippen molar-refractivity contribution in [1.82, 2.24) is 0 Å². The average molecular weight is 316 g/mol. The second-order valence-corrected chi connectivity index (χ2v) is 4.54. The summed E-state index contributed by atoms with van der Waals surface area (Å²) in [7, 11) is 0. The van der Waals surface area contributed by atoms with Crippen molar-refractivity contribution in [2.45, 2.75) is 5.88 Å². The maximum Gasteiger partial charge on any atom is 0.272 e. The third-order valence-electron chi connectivity index (χ3n) is 2.52. The molecule has 0 spiro atoms. The Morgan fingerprint density at radius 3 is 2.55 bits per heavy atom. The van der Waals surface area contributed by atoms with Crippen molar-refractivity contribution in [1.29, 1.82) is 0 Å². The summed E-state index contributed by atoms with van der Waals surface area (Å²) in [4.78, 5) is 9.82. The normalized spacial score (nSPS) is 10.3. The number of rotatable bonds is 4. The summed E-state index contributed by atoms with van der Waals surface area (Å²) < 4.78 is 19.0. The van der Waals surface area contributed by atoms with E-state index in [1.54, 1.807) is 12.1 Å². The lowest BCUT2D eigenvalue weighted by Crippen LogP contribution is -1.93. The minimum atomic E-state index is -0.822. The van der Waals surface area contributed by atoms with Crippen LogP contribution in [-0.4, -0.2) is 4.92 Å². The van der Waals surface area contributed by atoms with Gasteiger partial charge in [0.1, 0.15) is 5.75 Å². The van der Waals surface area contributed by atoms with Gasteiger partial charge in [-0.25, -0.2) is 4.39 Å². The van der Waals surface area contributed by atoms with Crippen molar-refractivity contribution in [3.05, 3.63) is 62.9 Å². The Bertz CT molecular complexity index is 664. The largest absolute Gasteiger partial charge is 0.454 e. The van der Waals surface area contributed by atoms with Gasteiger partial charge in [0.2, 0.25) is 0 Å². The molecule has 20 heavy (non-hydrogen) atoms. The Morgan fingerprint density at radius 1 is 1.25 bits per heavy atom. The van der Waals surface area contributed by atoms with Crippen LogP contribution in [0.4, 0.5) is 10.1 Å². The fraction of sp³-hybridized carbons (Fsp3) is 0.0769. The van der Waals surface area contributed by atoms with Gasteiger partial charge >= 0.3 is 0 Å². The molecule has 0 unspecified atom stereocenters. The summed E-state index contributed by atoms with van der Waals surface area (Å²) in [5.74, 6) is -0.371. The van der Waals surface area contributed by atoms with Crippen LogP contribution in [-0.2, 0) is 5.88 Å². The average Bonchev–Trinajstić information content (AvgIpc) is 2.41. The molecule has 0 aliphatic carbocycles. The van der Waals surface area contributed by atoms with Crippen LogP contribution in [0.5, 0.6) is 11.5 Å². The fourth-order valence-corrected chi connectivity index (χ4v) is 2.05. The molecule has 2 aromatic rings. The van der Waals surface area contributed by atoms with Gasteiger partial charge in [-0.15, -0.1) is 11.6 Å². The molecule has 2 aromatic carbocycles. The summed E-state index contributed by atoms with van der Waals surface area (Å²) in [6.45, 7) is 0. The molecule has 0 aliphatic heterocycles. The highest BCUT2D eigenvalue weighted by atomic mass is 35.5. The summed E-state index contributed by atoms with van der Waals surface area (Å²) in [6.07, 6.45) is 0. The number of hydrogen-bond acceptors (Lipinski definition) is 3. The van der Waals surface area contributed by atoms with E-state index in [1.807, 2.05) is 0 Å². The van der Waals surface area contributed by atoms with Crippen molar-refractivity contribution in [3.8, 4) is 11.5 Å². The fourth-order valence-electron chi connectivity index (χ4n) is 1.51. The molecule has 0 aliphatic rings. The molecule has 0 aromatic heterocycles. The standard InChI is InChI=1S/C13H8Cl2FNO3/c14-7-8-1-3-10(6-11(8)15)20-13-4-2-9(17(18)19)5-12(13)16/h1-6H,7H2. The molecule has 0 amide bonds. The van der Waals surface area contributed by atoms with E-state index in [9.17, 15) is 14.5 Å². The number of alkyl halides is 1. The highest BCUT2D eigenvalue weighted by Gasteiger charge is 2.12. The third-order valence-corrected chi connectivity index (χ3v) is 3.16. The van der Waals surface area contributed by atoms with E-state index in [2.05, 4.69) is 0 Å². The number of halogens is 3. The summed E-state index contributed by atoms with van der Waals surface area (Å²) in [5, 5.41) is 10.9. The Kier molecular flexibility index (Phi) is 4.42. The first-order chi connectivity index (χ1) is 9.51. The zero-order valence-corrected chi connectivity index (χ0v) is 11.5. The van der Waals surface area contributed by atoms with Crippen LogP contribution in [0.25, 0.3) is 0 Å². The van der Waals surface area contributed by atoms with E-state index in [4.69, 9.17) is 27.9 Å². The van der Waals surface area contributed by atoms with Crippen LogP contribution in [0.15, 0.2) is 36.4 Å². The van der Waals surface area contributed by atoms with Crippen LogP contribution in [0.1, 0.15) is 5.56 Å². The zero-order chi connectivity index (χ0) is 14.7. The molecule has 0 bridgehead atoms. The number of nitro groups is 1. The quantitative estimate of drug-likeness (QED) is 0.457. The minimum Gasteiger partial charge on any atom is -0.454 e. The van der Waals surface area contributed by atoms with E-state index >= 15 is 0 Å². The van der Waals surface area contributed by atoms with E-state index in [-0.39, 0.29) is 17.3 Å². The van der Waals surface area contributed by atoms with Crippen molar-refractivity contribution < 1.29 is 14.1 Å². The van der Waals surface area contributed by atoms with Gasteiger partial charge in [-0.3, -0.25) is 10.1 Å². The summed E-state index contributed by atoms with van der Waals surface area (Å²) >= 11 is 11.6. The Balaban J connectivity index is 2.26. The predicted octanol–water partition coefficient (Wildman–Crippen LogP) is 4.92. The van der Waals surface area contributed by atoms with Gasteiger partial charge in [0.05, 0.1) is 11.0 Å². The lowest BCUT2D eigenvalue weighted by molar-refractivity contribution is -0.385. The maximum absolute atomic E-state index is 13.7. The van der Waals surface area contributed by atoms with Gasteiger partial charge in [0.15, 0.2) is 11.6 Å². The van der Waals surface area contributed by atoms with Gasteiger partial charge in [0.25, 0.3) is 5.69 Å².